The molecule has 2 rings (SSSR count). The zero-order valence-electron chi connectivity index (χ0n) is 8.92. The summed E-state index contributed by atoms with van der Waals surface area (Å²) < 4.78 is 0. The first-order valence-electron chi connectivity index (χ1n) is 5.34. The second-order valence-corrected chi connectivity index (χ2v) is 3.98. The van der Waals surface area contributed by atoms with Gasteiger partial charge in [-0.05, 0) is 37.6 Å². The van der Waals surface area contributed by atoms with E-state index in [0.717, 1.165) is 30.5 Å². The maximum Gasteiger partial charge on any atom is 0.251 e. The van der Waals surface area contributed by atoms with E-state index >= 15 is 0 Å². The van der Waals surface area contributed by atoms with Crippen molar-refractivity contribution >= 4 is 5.91 Å². The zero-order valence-corrected chi connectivity index (χ0v) is 8.92. The van der Waals surface area contributed by atoms with Crippen LogP contribution in [0.1, 0.15) is 28.8 Å². The van der Waals surface area contributed by atoms with Crippen LogP contribution in [-0.4, -0.2) is 19.0 Å². The maximum absolute atomic E-state index is 11.7. The van der Waals surface area contributed by atoms with E-state index in [1.54, 1.807) is 0 Å². The molecule has 0 heterocycles. The van der Waals surface area contributed by atoms with Gasteiger partial charge in [-0.1, -0.05) is 12.1 Å². The first-order valence-corrected chi connectivity index (χ1v) is 5.34. The number of hydrogen-bond acceptors (Lipinski definition) is 2. The van der Waals surface area contributed by atoms with Gasteiger partial charge in [0.15, 0.2) is 0 Å². The minimum atomic E-state index is 0.0513. The highest BCUT2D eigenvalue weighted by Gasteiger charge is 2.23. The van der Waals surface area contributed by atoms with E-state index in [-0.39, 0.29) is 5.91 Å². The van der Waals surface area contributed by atoms with E-state index in [1.807, 2.05) is 31.3 Å². The van der Waals surface area contributed by atoms with Gasteiger partial charge >= 0.3 is 0 Å². The second-order valence-electron chi connectivity index (χ2n) is 3.98. The minimum absolute atomic E-state index is 0.0513. The van der Waals surface area contributed by atoms with Gasteiger partial charge in [0.05, 0.1) is 0 Å². The number of hydrogen-bond donors (Lipinski definition) is 2. The van der Waals surface area contributed by atoms with Gasteiger partial charge in [0.1, 0.15) is 0 Å². The van der Waals surface area contributed by atoms with Gasteiger partial charge in [-0.2, -0.15) is 0 Å². The third-order valence-electron chi connectivity index (χ3n) is 2.48. The average Bonchev–Trinajstić information content (AvgIpc) is 3.03. The van der Waals surface area contributed by atoms with E-state index in [0.29, 0.717) is 6.04 Å². The number of carbonyl (C=O) groups is 1. The molecule has 3 heteroatoms. The molecule has 1 saturated carbocycles. The number of rotatable bonds is 4. The third-order valence-corrected chi connectivity index (χ3v) is 2.48. The van der Waals surface area contributed by atoms with E-state index in [4.69, 9.17) is 0 Å². The summed E-state index contributed by atoms with van der Waals surface area (Å²) in [4.78, 5) is 11.7. The first kappa shape index (κ1) is 10.2. The van der Waals surface area contributed by atoms with Crippen LogP contribution in [0.2, 0.25) is 0 Å². The van der Waals surface area contributed by atoms with Gasteiger partial charge in [0.2, 0.25) is 0 Å². The number of amides is 1. The standard InChI is InChI=1S/C12H16N2O/c1-13-8-9-3-2-4-10(7-9)12(15)14-11-5-6-11/h2-4,7,11,13H,5-6,8H2,1H3,(H,14,15). The van der Waals surface area contributed by atoms with Crippen LogP contribution in [-0.2, 0) is 6.54 Å². The van der Waals surface area contributed by atoms with E-state index in [2.05, 4.69) is 10.6 Å². The Morgan fingerprint density at radius 1 is 1.47 bits per heavy atom. The van der Waals surface area contributed by atoms with Crippen molar-refractivity contribution in [1.82, 2.24) is 10.6 Å². The van der Waals surface area contributed by atoms with Gasteiger partial charge in [0.25, 0.3) is 5.91 Å². The predicted molar refractivity (Wildman–Crippen MR) is 59.7 cm³/mol. The Balaban J connectivity index is 2.05. The van der Waals surface area contributed by atoms with Crippen LogP contribution in [0.15, 0.2) is 24.3 Å². The molecule has 0 aliphatic heterocycles. The highest BCUT2D eigenvalue weighted by Crippen LogP contribution is 2.19. The summed E-state index contributed by atoms with van der Waals surface area (Å²) in [5, 5.41) is 6.05. The van der Waals surface area contributed by atoms with Gasteiger partial charge in [0, 0.05) is 18.2 Å². The van der Waals surface area contributed by atoms with Crippen LogP contribution < -0.4 is 10.6 Å². The second kappa shape index (κ2) is 4.45. The fraction of sp³-hybridized carbons (Fsp3) is 0.417. The lowest BCUT2D eigenvalue weighted by molar-refractivity contribution is 0.0951. The normalized spacial score (nSPS) is 15.0. The summed E-state index contributed by atoms with van der Waals surface area (Å²) in [5.41, 5.74) is 1.90. The predicted octanol–water partition coefficient (Wildman–Crippen LogP) is 1.30. The lowest BCUT2D eigenvalue weighted by Crippen LogP contribution is -2.25. The van der Waals surface area contributed by atoms with Crippen molar-refractivity contribution < 1.29 is 4.79 Å². The van der Waals surface area contributed by atoms with Crippen molar-refractivity contribution in [2.75, 3.05) is 7.05 Å². The molecule has 1 aromatic carbocycles. The van der Waals surface area contributed by atoms with Crippen LogP contribution in [0, 0.1) is 0 Å². The molecular weight excluding hydrogens is 188 g/mol. The molecule has 2 N–H and O–H groups in total. The number of benzene rings is 1. The van der Waals surface area contributed by atoms with Crippen LogP contribution in [0.4, 0.5) is 0 Å². The molecule has 0 saturated heterocycles. The van der Waals surface area contributed by atoms with E-state index < -0.39 is 0 Å². The van der Waals surface area contributed by atoms with Crippen LogP contribution in [0.3, 0.4) is 0 Å². The first-order chi connectivity index (χ1) is 7.29. The molecule has 0 radical (unpaired) electrons. The minimum Gasteiger partial charge on any atom is -0.349 e. The highest BCUT2D eigenvalue weighted by molar-refractivity contribution is 5.94. The highest BCUT2D eigenvalue weighted by atomic mass is 16.1. The molecule has 1 amide bonds. The molecule has 0 unspecified atom stereocenters. The molecule has 0 bridgehead atoms. The van der Waals surface area contributed by atoms with Gasteiger partial charge in [-0.3, -0.25) is 4.79 Å². The molecule has 1 aliphatic carbocycles. The summed E-state index contributed by atoms with van der Waals surface area (Å²) in [7, 11) is 1.90. The lowest BCUT2D eigenvalue weighted by Gasteiger charge is -2.05. The molecule has 15 heavy (non-hydrogen) atoms. The van der Waals surface area contributed by atoms with Crippen molar-refractivity contribution in [2.24, 2.45) is 0 Å². The van der Waals surface area contributed by atoms with Gasteiger partial charge in [-0.15, -0.1) is 0 Å². The molecule has 80 valence electrons. The van der Waals surface area contributed by atoms with E-state index in [1.165, 1.54) is 0 Å². The monoisotopic (exact) mass is 204 g/mol. The number of nitrogens with one attached hydrogen (secondary N) is 2. The molecular formula is C12H16N2O. The molecule has 1 aromatic rings. The smallest absolute Gasteiger partial charge is 0.251 e. The SMILES string of the molecule is CNCc1cccc(C(=O)NC2CC2)c1. The Labute approximate surface area is 89.9 Å². The molecule has 0 aromatic heterocycles. The summed E-state index contributed by atoms with van der Waals surface area (Å²) in [5.74, 6) is 0.0513. The largest absolute Gasteiger partial charge is 0.349 e. The summed E-state index contributed by atoms with van der Waals surface area (Å²) in [6.45, 7) is 0.796. The fourth-order valence-corrected chi connectivity index (χ4v) is 1.52. The van der Waals surface area contributed by atoms with Crippen molar-refractivity contribution in [2.45, 2.75) is 25.4 Å². The van der Waals surface area contributed by atoms with Gasteiger partial charge < -0.3 is 10.6 Å². The van der Waals surface area contributed by atoms with Crippen molar-refractivity contribution in [3.8, 4) is 0 Å². The Kier molecular flexibility index (Phi) is 3.02. The molecule has 1 aliphatic rings. The van der Waals surface area contributed by atoms with Crippen LogP contribution in [0.25, 0.3) is 0 Å². The Hall–Kier alpha value is -1.35. The Bertz CT molecular complexity index is 358. The molecule has 1 fully saturated rings. The molecule has 3 nitrogen and oxygen atoms in total. The lowest BCUT2D eigenvalue weighted by atomic mass is 10.1. The molecule has 0 spiro atoms. The van der Waals surface area contributed by atoms with Crippen LogP contribution >= 0.6 is 0 Å². The van der Waals surface area contributed by atoms with Crippen molar-refractivity contribution in [1.29, 1.82) is 0 Å². The summed E-state index contributed by atoms with van der Waals surface area (Å²) >= 11 is 0. The van der Waals surface area contributed by atoms with Crippen molar-refractivity contribution in [3.63, 3.8) is 0 Å². The van der Waals surface area contributed by atoms with Crippen LogP contribution in [0.5, 0.6) is 0 Å². The quantitative estimate of drug-likeness (QED) is 0.776. The average molecular weight is 204 g/mol. The maximum atomic E-state index is 11.7. The Morgan fingerprint density at radius 2 is 2.27 bits per heavy atom. The zero-order chi connectivity index (χ0) is 10.7. The summed E-state index contributed by atoms with van der Waals surface area (Å²) in [6.07, 6.45) is 2.25. The Morgan fingerprint density at radius 3 is 2.93 bits per heavy atom. The third kappa shape index (κ3) is 2.80. The molecule has 0 atom stereocenters. The summed E-state index contributed by atoms with van der Waals surface area (Å²) in [6, 6.07) is 8.16. The topological polar surface area (TPSA) is 41.1 Å². The van der Waals surface area contributed by atoms with E-state index in [9.17, 15) is 4.79 Å². The van der Waals surface area contributed by atoms with Gasteiger partial charge in [-0.25, -0.2) is 0 Å². The van der Waals surface area contributed by atoms with Crippen molar-refractivity contribution in [3.05, 3.63) is 35.4 Å². The number of carbonyl (C=O) groups excluding carboxylic acids is 1. The fourth-order valence-electron chi connectivity index (χ4n) is 1.52.